The number of hydrogen-bond acceptors (Lipinski definition) is 5. The maximum Gasteiger partial charge on any atom is 0.272 e. The second kappa shape index (κ2) is 8.42. The van der Waals surface area contributed by atoms with E-state index in [0.29, 0.717) is 30.9 Å². The monoisotopic (exact) mass is 353 g/mol. The lowest BCUT2D eigenvalue weighted by atomic mass is 10.2. The van der Waals surface area contributed by atoms with Gasteiger partial charge in [-0.25, -0.2) is 4.98 Å². The Morgan fingerprint density at radius 1 is 1.08 bits per heavy atom. The van der Waals surface area contributed by atoms with Gasteiger partial charge in [0.05, 0.1) is 0 Å². The van der Waals surface area contributed by atoms with Crippen LogP contribution in [0.4, 0.5) is 5.82 Å². The largest absolute Gasteiger partial charge is 0.353 e. The van der Waals surface area contributed by atoms with Crippen molar-refractivity contribution in [1.29, 1.82) is 0 Å². The molecule has 0 aromatic carbocycles. The fraction of sp³-hybridized carbons (Fsp3) is 0.368. The minimum atomic E-state index is -0.178. The summed E-state index contributed by atoms with van der Waals surface area (Å²) in [6.45, 7) is 5.25. The van der Waals surface area contributed by atoms with Gasteiger partial charge in [-0.05, 0) is 30.7 Å². The Kier molecular flexibility index (Phi) is 5.78. The highest BCUT2D eigenvalue weighted by Crippen LogP contribution is 2.14. The molecule has 0 unspecified atom stereocenters. The van der Waals surface area contributed by atoms with Gasteiger partial charge in [0, 0.05) is 50.7 Å². The van der Waals surface area contributed by atoms with Gasteiger partial charge in [0.25, 0.3) is 11.8 Å². The lowest BCUT2D eigenvalue weighted by Crippen LogP contribution is -2.49. The van der Waals surface area contributed by atoms with E-state index in [0.717, 1.165) is 25.3 Å². The zero-order valence-corrected chi connectivity index (χ0v) is 14.9. The lowest BCUT2D eigenvalue weighted by Gasteiger charge is -2.35. The average molecular weight is 353 g/mol. The molecule has 1 saturated heterocycles. The summed E-state index contributed by atoms with van der Waals surface area (Å²) in [6.07, 6.45) is 4.15. The third kappa shape index (κ3) is 4.17. The molecule has 0 atom stereocenters. The predicted molar refractivity (Wildman–Crippen MR) is 99.2 cm³/mol. The van der Waals surface area contributed by atoms with Crippen LogP contribution >= 0.6 is 0 Å². The van der Waals surface area contributed by atoms with E-state index >= 15 is 0 Å². The van der Waals surface area contributed by atoms with E-state index in [1.54, 1.807) is 23.2 Å². The molecule has 1 N–H and O–H groups in total. The standard InChI is InChI=1S/C19H23N5O2/c1-2-7-22-18(25)15-6-9-20-16(14-15)19(26)24-12-10-23(11-13-24)17-5-3-4-8-21-17/h3-6,8-9,14H,2,7,10-13H2,1H3,(H,22,25). The number of nitrogens with zero attached hydrogens (tertiary/aromatic N) is 4. The first-order chi connectivity index (χ1) is 12.7. The van der Waals surface area contributed by atoms with Crippen LogP contribution in [-0.2, 0) is 0 Å². The molecular formula is C19H23N5O2. The van der Waals surface area contributed by atoms with Crippen LogP contribution in [0.1, 0.15) is 34.2 Å². The Morgan fingerprint density at radius 2 is 1.88 bits per heavy atom. The molecule has 136 valence electrons. The van der Waals surface area contributed by atoms with Crippen molar-refractivity contribution < 1.29 is 9.59 Å². The van der Waals surface area contributed by atoms with Crippen LogP contribution in [-0.4, -0.2) is 59.4 Å². The molecule has 1 aliphatic rings. The first-order valence-electron chi connectivity index (χ1n) is 8.88. The van der Waals surface area contributed by atoms with E-state index in [-0.39, 0.29) is 11.8 Å². The van der Waals surface area contributed by atoms with Crippen LogP contribution in [0.25, 0.3) is 0 Å². The Bertz CT molecular complexity index is 758. The van der Waals surface area contributed by atoms with Gasteiger partial charge >= 0.3 is 0 Å². The summed E-state index contributed by atoms with van der Waals surface area (Å²) < 4.78 is 0. The molecular weight excluding hydrogens is 330 g/mol. The van der Waals surface area contributed by atoms with Gasteiger partial charge in [-0.2, -0.15) is 0 Å². The summed E-state index contributed by atoms with van der Waals surface area (Å²) in [7, 11) is 0. The highest BCUT2D eigenvalue weighted by atomic mass is 16.2. The number of rotatable bonds is 5. The SMILES string of the molecule is CCCNC(=O)c1ccnc(C(=O)N2CCN(c3ccccn3)CC2)c1. The normalized spacial score (nSPS) is 14.2. The number of hydrogen-bond donors (Lipinski definition) is 1. The molecule has 2 aromatic heterocycles. The number of aromatic nitrogens is 2. The predicted octanol–water partition coefficient (Wildman–Crippen LogP) is 1.58. The number of pyridine rings is 2. The van der Waals surface area contributed by atoms with Crippen molar-refractivity contribution in [2.75, 3.05) is 37.6 Å². The summed E-state index contributed by atoms with van der Waals surface area (Å²) in [5.74, 6) is 0.603. The Hall–Kier alpha value is -2.96. The Labute approximate surface area is 153 Å². The smallest absolute Gasteiger partial charge is 0.272 e. The molecule has 0 bridgehead atoms. The van der Waals surface area contributed by atoms with Gasteiger partial charge in [-0.3, -0.25) is 14.6 Å². The van der Waals surface area contributed by atoms with E-state index in [4.69, 9.17) is 0 Å². The minimum Gasteiger partial charge on any atom is -0.353 e. The van der Waals surface area contributed by atoms with Crippen molar-refractivity contribution >= 4 is 17.6 Å². The molecule has 1 fully saturated rings. The molecule has 0 spiro atoms. The minimum absolute atomic E-state index is 0.143. The molecule has 1 aliphatic heterocycles. The third-order valence-electron chi connectivity index (χ3n) is 4.32. The molecule has 0 saturated carbocycles. The molecule has 3 rings (SSSR count). The van der Waals surface area contributed by atoms with E-state index < -0.39 is 0 Å². The number of amides is 2. The fourth-order valence-electron chi connectivity index (χ4n) is 2.87. The molecule has 26 heavy (non-hydrogen) atoms. The summed E-state index contributed by atoms with van der Waals surface area (Å²) in [5, 5.41) is 2.81. The first-order valence-corrected chi connectivity index (χ1v) is 8.88. The maximum absolute atomic E-state index is 12.7. The average Bonchev–Trinajstić information content (AvgIpc) is 2.72. The summed E-state index contributed by atoms with van der Waals surface area (Å²) in [4.78, 5) is 37.2. The number of carbonyl (C=O) groups is 2. The van der Waals surface area contributed by atoms with Gasteiger partial charge in [0.1, 0.15) is 11.5 Å². The number of piperazine rings is 1. The van der Waals surface area contributed by atoms with E-state index in [1.165, 1.54) is 6.20 Å². The zero-order chi connectivity index (χ0) is 18.4. The summed E-state index contributed by atoms with van der Waals surface area (Å²) >= 11 is 0. The number of nitrogens with one attached hydrogen (secondary N) is 1. The quantitative estimate of drug-likeness (QED) is 0.883. The van der Waals surface area contributed by atoms with E-state index in [2.05, 4.69) is 20.2 Å². The van der Waals surface area contributed by atoms with Crippen molar-refractivity contribution in [3.63, 3.8) is 0 Å². The van der Waals surface area contributed by atoms with Crippen LogP contribution in [0.3, 0.4) is 0 Å². The van der Waals surface area contributed by atoms with Crippen LogP contribution in [0, 0.1) is 0 Å². The molecule has 0 radical (unpaired) electrons. The van der Waals surface area contributed by atoms with Gasteiger partial charge < -0.3 is 15.1 Å². The zero-order valence-electron chi connectivity index (χ0n) is 14.9. The Morgan fingerprint density at radius 3 is 2.58 bits per heavy atom. The van der Waals surface area contributed by atoms with Crippen molar-refractivity contribution in [3.8, 4) is 0 Å². The summed E-state index contributed by atoms with van der Waals surface area (Å²) in [5.41, 5.74) is 0.768. The fourth-order valence-corrected chi connectivity index (χ4v) is 2.87. The van der Waals surface area contributed by atoms with Crippen LogP contribution in [0.2, 0.25) is 0 Å². The second-order valence-electron chi connectivity index (χ2n) is 6.15. The summed E-state index contributed by atoms with van der Waals surface area (Å²) in [6, 6.07) is 9.01. The van der Waals surface area contributed by atoms with Crippen LogP contribution < -0.4 is 10.2 Å². The van der Waals surface area contributed by atoms with Crippen LogP contribution in [0.5, 0.6) is 0 Å². The first kappa shape index (κ1) is 17.8. The second-order valence-corrected chi connectivity index (χ2v) is 6.15. The van der Waals surface area contributed by atoms with Crippen LogP contribution in [0.15, 0.2) is 42.7 Å². The topological polar surface area (TPSA) is 78.4 Å². The third-order valence-corrected chi connectivity index (χ3v) is 4.32. The van der Waals surface area contributed by atoms with E-state index in [1.807, 2.05) is 25.1 Å². The number of anilines is 1. The molecule has 7 heteroatoms. The van der Waals surface area contributed by atoms with Gasteiger partial charge in [0.15, 0.2) is 0 Å². The molecule has 0 aliphatic carbocycles. The van der Waals surface area contributed by atoms with Gasteiger partial charge in [0.2, 0.25) is 0 Å². The molecule has 2 aromatic rings. The highest BCUT2D eigenvalue weighted by molar-refractivity contribution is 5.98. The van der Waals surface area contributed by atoms with Gasteiger partial charge in [-0.1, -0.05) is 13.0 Å². The molecule has 3 heterocycles. The molecule has 7 nitrogen and oxygen atoms in total. The molecule has 2 amide bonds. The van der Waals surface area contributed by atoms with Crippen molar-refractivity contribution in [3.05, 3.63) is 54.0 Å². The highest BCUT2D eigenvalue weighted by Gasteiger charge is 2.24. The Balaban J connectivity index is 1.62. The van der Waals surface area contributed by atoms with Crippen molar-refractivity contribution in [2.45, 2.75) is 13.3 Å². The van der Waals surface area contributed by atoms with Crippen molar-refractivity contribution in [1.82, 2.24) is 20.2 Å². The van der Waals surface area contributed by atoms with E-state index in [9.17, 15) is 9.59 Å². The maximum atomic E-state index is 12.7. The lowest BCUT2D eigenvalue weighted by molar-refractivity contribution is 0.0740. The number of carbonyl (C=O) groups excluding carboxylic acids is 2. The van der Waals surface area contributed by atoms with Gasteiger partial charge in [-0.15, -0.1) is 0 Å². The van der Waals surface area contributed by atoms with Crippen molar-refractivity contribution in [2.24, 2.45) is 0 Å².